The summed E-state index contributed by atoms with van der Waals surface area (Å²) >= 11 is 0. The molecule has 1 aromatic heterocycles. The Bertz CT molecular complexity index is 903. The molecule has 2 aromatic rings. The molecule has 26 heavy (non-hydrogen) atoms. The molecule has 1 aromatic carbocycles. The van der Waals surface area contributed by atoms with E-state index in [0.29, 0.717) is 5.56 Å². The summed E-state index contributed by atoms with van der Waals surface area (Å²) in [6, 6.07) is 6.53. The molecule has 0 amide bonds. The van der Waals surface area contributed by atoms with Crippen molar-refractivity contribution in [2.45, 2.75) is 33.0 Å². The van der Waals surface area contributed by atoms with Crippen LogP contribution in [0, 0.1) is 0 Å². The van der Waals surface area contributed by atoms with Crippen LogP contribution in [0.1, 0.15) is 46.5 Å². The molecule has 0 saturated carbocycles. The van der Waals surface area contributed by atoms with Crippen molar-refractivity contribution >= 4 is 17.8 Å². The summed E-state index contributed by atoms with van der Waals surface area (Å²) in [6.45, 7) is 4.18. The van der Waals surface area contributed by atoms with Crippen LogP contribution in [0.5, 0.6) is 0 Å². The molecule has 138 valence electrons. The number of ether oxygens (including phenoxy) is 1. The van der Waals surface area contributed by atoms with Crippen LogP contribution in [0.15, 0.2) is 29.1 Å². The molecule has 8 nitrogen and oxygen atoms in total. The number of nitrogens with one attached hydrogen (secondary N) is 1. The van der Waals surface area contributed by atoms with E-state index >= 15 is 0 Å². The quantitative estimate of drug-likeness (QED) is 0.593. The highest BCUT2D eigenvalue weighted by molar-refractivity contribution is 6.07. The highest BCUT2D eigenvalue weighted by Crippen LogP contribution is 2.30. The maximum absolute atomic E-state index is 12.1. The van der Waals surface area contributed by atoms with Crippen LogP contribution < -0.4 is 11.3 Å². The Kier molecular flexibility index (Phi) is 5.78. The average molecular weight is 360 g/mol. The van der Waals surface area contributed by atoms with Gasteiger partial charge in [-0.3, -0.25) is 4.79 Å². The lowest BCUT2D eigenvalue weighted by atomic mass is 9.94. The van der Waals surface area contributed by atoms with Gasteiger partial charge in [0.05, 0.1) is 12.7 Å². The number of aromatic nitrogens is 1. The maximum atomic E-state index is 12.1. The molecule has 2 rings (SSSR count). The van der Waals surface area contributed by atoms with Gasteiger partial charge in [-0.25, -0.2) is 9.59 Å². The second-order valence-electron chi connectivity index (χ2n) is 5.83. The third kappa shape index (κ3) is 3.92. The minimum absolute atomic E-state index is 0.0398. The zero-order valence-electron chi connectivity index (χ0n) is 14.4. The number of anilines is 1. The van der Waals surface area contributed by atoms with Gasteiger partial charge in [0.15, 0.2) is 0 Å². The summed E-state index contributed by atoms with van der Waals surface area (Å²) in [6.07, 6.45) is 0.870. The lowest BCUT2D eigenvalue weighted by molar-refractivity contribution is 0.0509. The van der Waals surface area contributed by atoms with E-state index in [9.17, 15) is 24.6 Å². The lowest BCUT2D eigenvalue weighted by Crippen LogP contribution is -2.24. The number of aromatic carboxylic acids is 2. The van der Waals surface area contributed by atoms with Gasteiger partial charge in [-0.2, -0.15) is 0 Å². The highest BCUT2D eigenvalue weighted by atomic mass is 16.5. The molecule has 0 aliphatic carbocycles. The highest BCUT2D eigenvalue weighted by Gasteiger charge is 2.26. The summed E-state index contributed by atoms with van der Waals surface area (Å²) in [5.41, 5.74) is 4.30. The number of pyridine rings is 1. The van der Waals surface area contributed by atoms with E-state index in [2.05, 4.69) is 4.98 Å². The Morgan fingerprint density at radius 3 is 2.46 bits per heavy atom. The molecule has 5 N–H and O–H groups in total. The summed E-state index contributed by atoms with van der Waals surface area (Å²) in [4.78, 5) is 37.3. The van der Waals surface area contributed by atoms with Crippen molar-refractivity contribution in [3.63, 3.8) is 0 Å². The summed E-state index contributed by atoms with van der Waals surface area (Å²) < 4.78 is 5.65. The van der Waals surface area contributed by atoms with Crippen LogP contribution >= 0.6 is 0 Å². The number of H-pyrrole nitrogens is 1. The fraction of sp³-hybridized carbons (Fsp3) is 0.278. The minimum atomic E-state index is -1.54. The monoisotopic (exact) mass is 360 g/mol. The van der Waals surface area contributed by atoms with Gasteiger partial charge in [-0.1, -0.05) is 25.1 Å². The van der Waals surface area contributed by atoms with Gasteiger partial charge in [-0.05, 0) is 30.5 Å². The Morgan fingerprint density at radius 2 is 1.88 bits per heavy atom. The molecule has 0 radical (unpaired) electrons. The van der Waals surface area contributed by atoms with Crippen LogP contribution in [0.4, 0.5) is 5.82 Å². The first-order valence-electron chi connectivity index (χ1n) is 7.99. The minimum Gasteiger partial charge on any atom is -0.478 e. The molecule has 0 bridgehead atoms. The van der Waals surface area contributed by atoms with Gasteiger partial charge in [0.25, 0.3) is 5.56 Å². The Balaban J connectivity index is 2.66. The van der Waals surface area contributed by atoms with Crippen molar-refractivity contribution in [3.8, 4) is 11.1 Å². The molecular formula is C18H20N2O6. The first-order chi connectivity index (χ1) is 12.3. The van der Waals surface area contributed by atoms with E-state index in [-0.39, 0.29) is 23.8 Å². The first-order valence-corrected chi connectivity index (χ1v) is 7.99. The number of carbonyl (C=O) groups is 2. The molecule has 1 unspecified atom stereocenters. The summed E-state index contributed by atoms with van der Waals surface area (Å²) in [5.74, 6) is -3.37. The summed E-state index contributed by atoms with van der Waals surface area (Å²) in [5, 5.41) is 18.9. The largest absolute Gasteiger partial charge is 0.478 e. The number of carboxylic acid groups (broad SMARTS) is 2. The van der Waals surface area contributed by atoms with E-state index < -0.39 is 34.4 Å². The Hall–Kier alpha value is -3.13. The molecule has 1 heterocycles. The van der Waals surface area contributed by atoms with E-state index in [4.69, 9.17) is 10.5 Å². The molecule has 8 heteroatoms. The number of hydrogen-bond acceptors (Lipinski definition) is 5. The van der Waals surface area contributed by atoms with E-state index in [1.54, 1.807) is 18.2 Å². The van der Waals surface area contributed by atoms with Gasteiger partial charge < -0.3 is 25.7 Å². The fourth-order valence-electron chi connectivity index (χ4n) is 2.51. The third-order valence-corrected chi connectivity index (χ3v) is 4.00. The van der Waals surface area contributed by atoms with Crippen molar-refractivity contribution in [2.24, 2.45) is 0 Å². The van der Waals surface area contributed by atoms with Crippen LogP contribution in [-0.2, 0) is 11.3 Å². The van der Waals surface area contributed by atoms with Crippen molar-refractivity contribution in [1.82, 2.24) is 4.98 Å². The number of benzene rings is 1. The van der Waals surface area contributed by atoms with Gasteiger partial charge in [0.1, 0.15) is 16.9 Å². The first kappa shape index (κ1) is 19.2. The van der Waals surface area contributed by atoms with Crippen LogP contribution in [0.3, 0.4) is 0 Å². The number of hydrogen-bond donors (Lipinski definition) is 4. The average Bonchev–Trinajstić information content (AvgIpc) is 2.58. The predicted molar refractivity (Wildman–Crippen MR) is 95.4 cm³/mol. The van der Waals surface area contributed by atoms with Crippen molar-refractivity contribution in [1.29, 1.82) is 0 Å². The van der Waals surface area contributed by atoms with Crippen molar-refractivity contribution in [2.75, 3.05) is 5.73 Å². The lowest BCUT2D eigenvalue weighted by Gasteiger charge is -2.14. The van der Waals surface area contributed by atoms with Gasteiger partial charge in [0, 0.05) is 5.56 Å². The fourth-order valence-corrected chi connectivity index (χ4v) is 2.51. The second-order valence-corrected chi connectivity index (χ2v) is 5.83. The Labute approximate surface area is 149 Å². The zero-order valence-corrected chi connectivity index (χ0v) is 14.4. The van der Waals surface area contributed by atoms with Gasteiger partial charge in [-0.15, -0.1) is 0 Å². The number of carboxylic acids is 2. The molecule has 0 aliphatic heterocycles. The molecular weight excluding hydrogens is 340 g/mol. The van der Waals surface area contributed by atoms with Gasteiger partial charge >= 0.3 is 11.9 Å². The number of rotatable bonds is 7. The third-order valence-electron chi connectivity index (χ3n) is 4.00. The predicted octanol–water partition coefficient (Wildman–Crippen LogP) is 2.34. The summed E-state index contributed by atoms with van der Waals surface area (Å²) in [7, 11) is 0. The van der Waals surface area contributed by atoms with Crippen LogP contribution in [0.2, 0.25) is 0 Å². The van der Waals surface area contributed by atoms with Crippen LogP contribution in [-0.4, -0.2) is 33.2 Å². The van der Waals surface area contributed by atoms with Crippen molar-refractivity contribution in [3.05, 3.63) is 51.3 Å². The smallest absolute Gasteiger partial charge is 0.342 e. The topological polar surface area (TPSA) is 143 Å². The molecule has 0 spiro atoms. The number of nitrogen functional groups attached to an aromatic ring is 1. The maximum Gasteiger partial charge on any atom is 0.342 e. The zero-order chi connectivity index (χ0) is 19.4. The molecule has 0 saturated heterocycles. The van der Waals surface area contributed by atoms with Crippen molar-refractivity contribution < 1.29 is 24.5 Å². The number of nitrogens with two attached hydrogens (primary N) is 1. The van der Waals surface area contributed by atoms with E-state index in [1.165, 1.54) is 6.07 Å². The van der Waals surface area contributed by atoms with E-state index in [1.807, 2.05) is 13.8 Å². The second kappa shape index (κ2) is 7.83. The Morgan fingerprint density at radius 1 is 1.23 bits per heavy atom. The molecule has 0 fully saturated rings. The van der Waals surface area contributed by atoms with Gasteiger partial charge in [0.2, 0.25) is 0 Å². The SMILES string of the molecule is CCC(C)OCc1cccc(-c2c(C(=O)O)c(N)[nH]c(=O)c2C(=O)O)c1. The molecule has 1 atom stereocenters. The van der Waals surface area contributed by atoms with Crippen LogP contribution in [0.25, 0.3) is 11.1 Å². The number of aromatic amines is 1. The standard InChI is InChI=1S/C18H20N2O6/c1-3-9(2)26-8-10-5-4-6-11(7-10)12-13(17(22)23)15(19)20-16(21)14(12)18(24)25/h4-7,9H,3,8H2,1-2H3,(H,22,23)(H,24,25)(H3,19,20,21). The molecule has 0 aliphatic rings. The van der Waals surface area contributed by atoms with E-state index in [0.717, 1.165) is 6.42 Å². The normalized spacial score (nSPS) is 11.9.